The summed E-state index contributed by atoms with van der Waals surface area (Å²) in [6.07, 6.45) is 2.93. The van der Waals surface area contributed by atoms with Crippen LogP contribution in [0.1, 0.15) is 17.4 Å². The van der Waals surface area contributed by atoms with Crippen molar-refractivity contribution in [3.63, 3.8) is 0 Å². The van der Waals surface area contributed by atoms with Gasteiger partial charge >= 0.3 is 5.97 Å². The van der Waals surface area contributed by atoms with E-state index in [1.54, 1.807) is 6.92 Å². The van der Waals surface area contributed by atoms with Gasteiger partial charge in [0.25, 0.3) is 0 Å². The third-order valence-electron chi connectivity index (χ3n) is 0.983. The highest BCUT2D eigenvalue weighted by molar-refractivity contribution is 5.86. The van der Waals surface area contributed by atoms with Crippen LogP contribution in [0.3, 0.4) is 0 Å². The Morgan fingerprint density at radius 2 is 2.70 bits per heavy atom. The van der Waals surface area contributed by atoms with Crippen LogP contribution >= 0.6 is 0 Å². The first-order valence-corrected chi connectivity index (χ1v) is 3.00. The van der Waals surface area contributed by atoms with E-state index in [2.05, 4.69) is 14.7 Å². The molecule has 54 valence electrons. The summed E-state index contributed by atoms with van der Waals surface area (Å²) < 4.78 is 4.66. The van der Waals surface area contributed by atoms with Gasteiger partial charge in [-0.2, -0.15) is 0 Å². The standard InChI is InChI=1S/C6H8N2O2/c1-2-10-6(9)5-3-7-4-8-5/h3-4H,2H2,1H3,(H,7,8). The summed E-state index contributed by atoms with van der Waals surface area (Å²) in [6.45, 7) is 2.14. The number of ether oxygens (including phenoxy) is 1. The van der Waals surface area contributed by atoms with Crippen molar-refractivity contribution in [3.05, 3.63) is 18.2 Å². The van der Waals surface area contributed by atoms with Gasteiger partial charge in [-0.05, 0) is 6.92 Å². The fourth-order valence-corrected chi connectivity index (χ4v) is 0.577. The Kier molecular flexibility index (Phi) is 2.04. The van der Waals surface area contributed by atoms with Crippen molar-refractivity contribution in [2.75, 3.05) is 6.61 Å². The molecule has 0 aliphatic heterocycles. The molecular formula is C6H8N2O2. The molecule has 0 saturated carbocycles. The Balaban J connectivity index is 2.59. The van der Waals surface area contributed by atoms with Crippen molar-refractivity contribution >= 4 is 5.97 Å². The molecule has 1 aromatic rings. The van der Waals surface area contributed by atoms with Crippen LogP contribution < -0.4 is 0 Å². The summed E-state index contributed by atoms with van der Waals surface area (Å²) >= 11 is 0. The lowest BCUT2D eigenvalue weighted by Crippen LogP contribution is -2.04. The van der Waals surface area contributed by atoms with E-state index in [1.165, 1.54) is 12.5 Å². The molecule has 4 nitrogen and oxygen atoms in total. The van der Waals surface area contributed by atoms with Crippen LogP contribution in [0.2, 0.25) is 0 Å². The molecule has 0 bridgehead atoms. The van der Waals surface area contributed by atoms with E-state index in [4.69, 9.17) is 0 Å². The monoisotopic (exact) mass is 140 g/mol. The minimum absolute atomic E-state index is 0.321. The van der Waals surface area contributed by atoms with E-state index in [0.29, 0.717) is 12.3 Å². The van der Waals surface area contributed by atoms with Crippen molar-refractivity contribution in [2.24, 2.45) is 0 Å². The van der Waals surface area contributed by atoms with Crippen molar-refractivity contribution < 1.29 is 9.53 Å². The van der Waals surface area contributed by atoms with Crippen molar-refractivity contribution in [1.29, 1.82) is 0 Å². The van der Waals surface area contributed by atoms with E-state index in [9.17, 15) is 4.79 Å². The smallest absolute Gasteiger partial charge is 0.358 e. The van der Waals surface area contributed by atoms with Crippen LogP contribution in [-0.4, -0.2) is 22.5 Å². The Morgan fingerprint density at radius 1 is 1.90 bits per heavy atom. The number of hydrogen-bond donors (Lipinski definition) is 1. The average Bonchev–Trinajstić information content (AvgIpc) is 2.38. The van der Waals surface area contributed by atoms with Gasteiger partial charge in [-0.25, -0.2) is 9.78 Å². The van der Waals surface area contributed by atoms with Gasteiger partial charge < -0.3 is 9.72 Å². The summed E-state index contributed by atoms with van der Waals surface area (Å²) in [5.41, 5.74) is 0.321. The van der Waals surface area contributed by atoms with Crippen LogP contribution in [0.5, 0.6) is 0 Å². The SMILES string of the molecule is CCOC(=O)c1c[nH]cn1. The molecule has 0 aromatic carbocycles. The summed E-state index contributed by atoms with van der Waals surface area (Å²) in [7, 11) is 0. The molecule has 0 aliphatic rings. The second-order valence-electron chi connectivity index (χ2n) is 1.67. The van der Waals surface area contributed by atoms with Crippen LogP contribution in [0, 0.1) is 0 Å². The molecule has 0 fully saturated rings. The maximum Gasteiger partial charge on any atom is 0.358 e. The fraction of sp³-hybridized carbons (Fsp3) is 0.333. The van der Waals surface area contributed by atoms with E-state index in [0.717, 1.165) is 0 Å². The first-order chi connectivity index (χ1) is 4.84. The number of imidazole rings is 1. The molecule has 0 aliphatic carbocycles. The zero-order valence-electron chi connectivity index (χ0n) is 5.63. The van der Waals surface area contributed by atoms with Crippen molar-refractivity contribution in [1.82, 2.24) is 9.97 Å². The summed E-state index contributed by atoms with van der Waals surface area (Å²) in [5.74, 6) is -0.385. The minimum Gasteiger partial charge on any atom is -0.461 e. The molecule has 0 amide bonds. The van der Waals surface area contributed by atoms with Crippen molar-refractivity contribution in [2.45, 2.75) is 6.92 Å². The molecule has 0 atom stereocenters. The molecule has 1 rings (SSSR count). The van der Waals surface area contributed by atoms with E-state index >= 15 is 0 Å². The van der Waals surface area contributed by atoms with Gasteiger partial charge in [0.2, 0.25) is 0 Å². The first kappa shape index (κ1) is 6.80. The highest BCUT2D eigenvalue weighted by atomic mass is 16.5. The molecule has 0 radical (unpaired) electrons. The fourth-order valence-electron chi connectivity index (χ4n) is 0.577. The minimum atomic E-state index is -0.385. The lowest BCUT2D eigenvalue weighted by molar-refractivity contribution is 0.0520. The highest BCUT2D eigenvalue weighted by Gasteiger charge is 2.05. The second kappa shape index (κ2) is 3.00. The zero-order chi connectivity index (χ0) is 7.40. The Morgan fingerprint density at radius 3 is 3.20 bits per heavy atom. The maximum atomic E-state index is 10.8. The molecular weight excluding hydrogens is 132 g/mol. The van der Waals surface area contributed by atoms with Gasteiger partial charge in [0, 0.05) is 6.20 Å². The van der Waals surface area contributed by atoms with E-state index < -0.39 is 0 Å². The predicted octanol–water partition coefficient (Wildman–Crippen LogP) is 0.586. The number of carbonyl (C=O) groups excluding carboxylic acids is 1. The highest BCUT2D eigenvalue weighted by Crippen LogP contribution is 1.93. The van der Waals surface area contributed by atoms with Gasteiger partial charge in [0.1, 0.15) is 0 Å². The van der Waals surface area contributed by atoms with Crippen LogP contribution in [0.25, 0.3) is 0 Å². The molecule has 1 heterocycles. The molecule has 1 N–H and O–H groups in total. The molecule has 0 saturated heterocycles. The largest absolute Gasteiger partial charge is 0.461 e. The van der Waals surface area contributed by atoms with E-state index in [-0.39, 0.29) is 5.97 Å². The van der Waals surface area contributed by atoms with Crippen LogP contribution in [0.15, 0.2) is 12.5 Å². The van der Waals surface area contributed by atoms with Crippen LogP contribution in [0.4, 0.5) is 0 Å². The van der Waals surface area contributed by atoms with Gasteiger partial charge in [-0.3, -0.25) is 0 Å². The number of hydrogen-bond acceptors (Lipinski definition) is 3. The molecule has 10 heavy (non-hydrogen) atoms. The number of H-pyrrole nitrogens is 1. The normalized spacial score (nSPS) is 9.30. The number of carbonyl (C=O) groups is 1. The number of nitrogens with zero attached hydrogens (tertiary/aromatic N) is 1. The van der Waals surface area contributed by atoms with Gasteiger partial charge in [-0.15, -0.1) is 0 Å². The first-order valence-electron chi connectivity index (χ1n) is 3.00. The lowest BCUT2D eigenvalue weighted by atomic mass is 10.5. The number of rotatable bonds is 2. The third kappa shape index (κ3) is 1.34. The lowest BCUT2D eigenvalue weighted by Gasteiger charge is -1.94. The third-order valence-corrected chi connectivity index (χ3v) is 0.983. The molecule has 0 spiro atoms. The van der Waals surface area contributed by atoms with Gasteiger partial charge in [-0.1, -0.05) is 0 Å². The number of esters is 1. The topological polar surface area (TPSA) is 55.0 Å². The summed E-state index contributed by atoms with van der Waals surface area (Å²) in [4.78, 5) is 17.2. The number of nitrogens with one attached hydrogen (secondary N) is 1. The predicted molar refractivity (Wildman–Crippen MR) is 34.5 cm³/mol. The van der Waals surface area contributed by atoms with Gasteiger partial charge in [0.05, 0.1) is 12.9 Å². The van der Waals surface area contributed by atoms with Crippen LogP contribution in [-0.2, 0) is 4.74 Å². The molecule has 1 aromatic heterocycles. The number of aromatic nitrogens is 2. The maximum absolute atomic E-state index is 10.8. The molecule has 4 heteroatoms. The second-order valence-corrected chi connectivity index (χ2v) is 1.67. The van der Waals surface area contributed by atoms with E-state index in [1.807, 2.05) is 0 Å². The summed E-state index contributed by atoms with van der Waals surface area (Å²) in [5, 5.41) is 0. The Labute approximate surface area is 58.2 Å². The van der Waals surface area contributed by atoms with Crippen molar-refractivity contribution in [3.8, 4) is 0 Å². The number of aromatic amines is 1. The zero-order valence-corrected chi connectivity index (χ0v) is 5.63. The van der Waals surface area contributed by atoms with Gasteiger partial charge in [0.15, 0.2) is 5.69 Å². The quantitative estimate of drug-likeness (QED) is 0.611. The summed E-state index contributed by atoms with van der Waals surface area (Å²) in [6, 6.07) is 0. The molecule has 0 unspecified atom stereocenters. The Bertz CT molecular complexity index is 206. The average molecular weight is 140 g/mol. The Hall–Kier alpha value is -1.32.